The largest absolute Gasteiger partial charge is 0.478 e. The molecule has 0 saturated carbocycles. The van der Waals surface area contributed by atoms with E-state index in [9.17, 15) is 9.18 Å². The molecule has 0 atom stereocenters. The Kier molecular flexibility index (Phi) is 3.23. The maximum Gasteiger partial charge on any atom is 0.328 e. The van der Waals surface area contributed by atoms with E-state index in [2.05, 4.69) is 4.98 Å². The lowest BCUT2D eigenvalue weighted by atomic mass is 10.1. The summed E-state index contributed by atoms with van der Waals surface area (Å²) in [6.07, 6.45) is 4.35. The molecule has 0 aliphatic carbocycles. The zero-order chi connectivity index (χ0) is 14.8. The Bertz CT molecular complexity index is 835. The van der Waals surface area contributed by atoms with E-state index in [0.29, 0.717) is 17.0 Å². The van der Waals surface area contributed by atoms with Crippen LogP contribution in [0.3, 0.4) is 0 Å². The van der Waals surface area contributed by atoms with Crippen LogP contribution in [0.1, 0.15) is 5.69 Å². The quantitative estimate of drug-likeness (QED) is 0.750. The summed E-state index contributed by atoms with van der Waals surface area (Å²) < 4.78 is 14.8. The smallest absolute Gasteiger partial charge is 0.328 e. The number of imidazole rings is 1. The number of carboxylic acid groups (broad SMARTS) is 1. The molecule has 3 rings (SSSR count). The van der Waals surface area contributed by atoms with Crippen LogP contribution >= 0.6 is 0 Å². The van der Waals surface area contributed by atoms with E-state index in [1.807, 2.05) is 18.2 Å². The first kappa shape index (κ1) is 13.1. The van der Waals surface area contributed by atoms with Gasteiger partial charge < -0.3 is 5.11 Å². The average Bonchev–Trinajstić information content (AvgIpc) is 2.84. The molecular weight excluding hydrogens is 271 g/mol. The van der Waals surface area contributed by atoms with Crippen LogP contribution in [-0.2, 0) is 4.79 Å². The van der Waals surface area contributed by atoms with Gasteiger partial charge in [0.25, 0.3) is 0 Å². The average molecular weight is 282 g/mol. The number of halogens is 1. The summed E-state index contributed by atoms with van der Waals surface area (Å²) >= 11 is 0. The summed E-state index contributed by atoms with van der Waals surface area (Å²) in [5.41, 5.74) is 2.67. The van der Waals surface area contributed by atoms with Crippen LogP contribution in [0.2, 0.25) is 0 Å². The van der Waals surface area contributed by atoms with Crippen molar-refractivity contribution < 1.29 is 14.3 Å². The molecule has 0 spiro atoms. The van der Waals surface area contributed by atoms with Crippen LogP contribution < -0.4 is 0 Å². The highest BCUT2D eigenvalue weighted by Crippen LogP contribution is 2.25. The maximum absolute atomic E-state index is 13.0. The molecule has 4 nitrogen and oxygen atoms in total. The van der Waals surface area contributed by atoms with Crippen molar-refractivity contribution in [3.8, 4) is 11.3 Å². The molecule has 0 bridgehead atoms. The topological polar surface area (TPSA) is 54.6 Å². The van der Waals surface area contributed by atoms with E-state index in [1.54, 1.807) is 22.7 Å². The van der Waals surface area contributed by atoms with Crippen molar-refractivity contribution in [1.82, 2.24) is 9.38 Å². The monoisotopic (exact) mass is 282 g/mol. The SMILES string of the molecule is O=C(O)C=Cc1c(-c2ccc(F)cc2)nc2ccccn12. The standard InChI is InChI=1S/C16H11FN2O2/c17-12-6-4-11(5-7-12)16-13(8-9-15(20)21)19-10-2-1-3-14(19)18-16/h1-10H,(H,20,21). The molecule has 2 heterocycles. The molecule has 1 N–H and O–H groups in total. The molecule has 2 aromatic heterocycles. The molecule has 104 valence electrons. The Balaban J connectivity index is 2.23. The number of hydrogen-bond acceptors (Lipinski definition) is 2. The molecule has 0 fully saturated rings. The molecule has 21 heavy (non-hydrogen) atoms. The van der Waals surface area contributed by atoms with Crippen LogP contribution in [0.5, 0.6) is 0 Å². The van der Waals surface area contributed by atoms with E-state index in [4.69, 9.17) is 5.11 Å². The molecular formula is C16H11FN2O2. The van der Waals surface area contributed by atoms with Crippen LogP contribution in [-0.4, -0.2) is 20.5 Å². The predicted octanol–water partition coefficient (Wildman–Crippen LogP) is 3.24. The molecule has 0 aliphatic heterocycles. The number of carboxylic acids is 1. The number of aliphatic carboxylic acids is 1. The Morgan fingerprint density at radius 1 is 1.19 bits per heavy atom. The number of nitrogens with zero attached hydrogens (tertiary/aromatic N) is 2. The van der Waals surface area contributed by atoms with Crippen LogP contribution in [0.4, 0.5) is 4.39 Å². The molecule has 0 radical (unpaired) electrons. The van der Waals surface area contributed by atoms with Gasteiger partial charge in [-0.3, -0.25) is 4.40 Å². The third kappa shape index (κ3) is 2.53. The minimum Gasteiger partial charge on any atom is -0.478 e. The van der Waals surface area contributed by atoms with E-state index >= 15 is 0 Å². The van der Waals surface area contributed by atoms with Crippen molar-refractivity contribution in [1.29, 1.82) is 0 Å². The normalized spacial score (nSPS) is 11.3. The molecule has 1 aromatic carbocycles. The van der Waals surface area contributed by atoms with Crippen LogP contribution in [0, 0.1) is 5.82 Å². The zero-order valence-corrected chi connectivity index (χ0v) is 10.9. The Labute approximate surface area is 119 Å². The highest BCUT2D eigenvalue weighted by atomic mass is 19.1. The van der Waals surface area contributed by atoms with Gasteiger partial charge in [0.2, 0.25) is 0 Å². The summed E-state index contributed by atoms with van der Waals surface area (Å²) in [7, 11) is 0. The van der Waals surface area contributed by atoms with Crippen LogP contribution in [0.25, 0.3) is 23.0 Å². The summed E-state index contributed by atoms with van der Waals surface area (Å²) in [5, 5.41) is 8.82. The van der Waals surface area contributed by atoms with Gasteiger partial charge in [-0.25, -0.2) is 14.2 Å². The fourth-order valence-electron chi connectivity index (χ4n) is 2.14. The van der Waals surface area contributed by atoms with Gasteiger partial charge in [0.1, 0.15) is 11.5 Å². The van der Waals surface area contributed by atoms with E-state index < -0.39 is 5.97 Å². The van der Waals surface area contributed by atoms with Gasteiger partial charge in [-0.2, -0.15) is 0 Å². The second-order valence-electron chi connectivity index (χ2n) is 4.45. The van der Waals surface area contributed by atoms with E-state index in [0.717, 1.165) is 11.6 Å². The predicted molar refractivity (Wildman–Crippen MR) is 77.3 cm³/mol. The fraction of sp³-hybridized carbons (Fsp3) is 0. The summed E-state index contributed by atoms with van der Waals surface area (Å²) in [6, 6.07) is 11.5. The second-order valence-corrected chi connectivity index (χ2v) is 4.45. The number of fused-ring (bicyclic) bond motifs is 1. The second kappa shape index (κ2) is 5.20. The lowest BCUT2D eigenvalue weighted by Gasteiger charge is -2.00. The first-order chi connectivity index (χ1) is 10.1. The Morgan fingerprint density at radius 2 is 1.95 bits per heavy atom. The van der Waals surface area contributed by atoms with Crippen molar-refractivity contribution in [3.63, 3.8) is 0 Å². The number of hydrogen-bond donors (Lipinski definition) is 1. The molecule has 0 saturated heterocycles. The van der Waals surface area contributed by atoms with E-state index in [-0.39, 0.29) is 5.82 Å². The van der Waals surface area contributed by atoms with E-state index in [1.165, 1.54) is 18.2 Å². The number of carbonyl (C=O) groups is 1. The summed E-state index contributed by atoms with van der Waals surface area (Å²) in [4.78, 5) is 15.2. The summed E-state index contributed by atoms with van der Waals surface area (Å²) in [6.45, 7) is 0. The number of pyridine rings is 1. The Morgan fingerprint density at radius 3 is 2.67 bits per heavy atom. The van der Waals surface area contributed by atoms with Gasteiger partial charge in [0, 0.05) is 17.8 Å². The molecule has 0 amide bonds. The van der Waals surface area contributed by atoms with Gasteiger partial charge in [0.05, 0.1) is 11.4 Å². The number of benzene rings is 1. The van der Waals surface area contributed by atoms with Gasteiger partial charge in [-0.05, 0) is 42.5 Å². The van der Waals surface area contributed by atoms with Gasteiger partial charge in [0.15, 0.2) is 0 Å². The lowest BCUT2D eigenvalue weighted by molar-refractivity contribution is -0.131. The van der Waals surface area contributed by atoms with Crippen LogP contribution in [0.15, 0.2) is 54.7 Å². The highest BCUT2D eigenvalue weighted by molar-refractivity contribution is 5.87. The number of rotatable bonds is 3. The highest BCUT2D eigenvalue weighted by Gasteiger charge is 2.11. The van der Waals surface area contributed by atoms with Crippen molar-refractivity contribution in [2.24, 2.45) is 0 Å². The third-order valence-electron chi connectivity index (χ3n) is 3.07. The van der Waals surface area contributed by atoms with Gasteiger partial charge >= 0.3 is 5.97 Å². The molecule has 5 heteroatoms. The molecule has 3 aromatic rings. The number of aromatic nitrogens is 2. The van der Waals surface area contributed by atoms with Crippen molar-refractivity contribution in [2.45, 2.75) is 0 Å². The summed E-state index contributed by atoms with van der Waals surface area (Å²) in [5.74, 6) is -1.36. The minimum atomic E-state index is -1.04. The van der Waals surface area contributed by atoms with Gasteiger partial charge in [-0.15, -0.1) is 0 Å². The maximum atomic E-state index is 13.0. The molecule has 0 aliphatic rings. The first-order valence-electron chi connectivity index (χ1n) is 6.29. The third-order valence-corrected chi connectivity index (χ3v) is 3.07. The minimum absolute atomic E-state index is 0.329. The lowest BCUT2D eigenvalue weighted by Crippen LogP contribution is -1.90. The zero-order valence-electron chi connectivity index (χ0n) is 10.9. The molecule has 0 unspecified atom stereocenters. The van der Waals surface area contributed by atoms with Gasteiger partial charge in [-0.1, -0.05) is 6.07 Å². The van der Waals surface area contributed by atoms with Crippen molar-refractivity contribution in [2.75, 3.05) is 0 Å². The fourth-order valence-corrected chi connectivity index (χ4v) is 2.14. The van der Waals surface area contributed by atoms with Crippen molar-refractivity contribution in [3.05, 3.63) is 66.2 Å². The Hall–Kier alpha value is -2.95. The first-order valence-corrected chi connectivity index (χ1v) is 6.29. The van der Waals surface area contributed by atoms with Crippen molar-refractivity contribution >= 4 is 17.7 Å².